The molecule has 60 valence electrons. The van der Waals surface area contributed by atoms with Crippen molar-refractivity contribution in [2.24, 2.45) is 5.73 Å². The quantitative estimate of drug-likeness (QED) is 0.802. The van der Waals surface area contributed by atoms with E-state index in [9.17, 15) is 0 Å². The van der Waals surface area contributed by atoms with Crippen LogP contribution in [0.1, 0.15) is 11.3 Å². The summed E-state index contributed by atoms with van der Waals surface area (Å²) >= 11 is 6.71. The van der Waals surface area contributed by atoms with Crippen LogP contribution in [0.15, 0.2) is 15.1 Å². The average Bonchev–Trinajstić information content (AvgIpc) is 1.96. The number of halogens is 2. The lowest BCUT2D eigenvalue weighted by molar-refractivity contribution is 0.961. The Morgan fingerprint density at radius 2 is 2.18 bits per heavy atom. The zero-order valence-corrected chi connectivity index (χ0v) is 9.24. The molecule has 1 aromatic rings. The van der Waals surface area contributed by atoms with Crippen LogP contribution in [-0.2, 0) is 6.54 Å². The van der Waals surface area contributed by atoms with Gasteiger partial charge in [-0.2, -0.15) is 0 Å². The summed E-state index contributed by atoms with van der Waals surface area (Å²) in [7, 11) is 0. The van der Waals surface area contributed by atoms with Crippen molar-refractivity contribution in [1.82, 2.24) is 4.98 Å². The van der Waals surface area contributed by atoms with Crippen molar-refractivity contribution in [3.8, 4) is 0 Å². The Hall–Kier alpha value is 0.0700. The third-order valence-electron chi connectivity index (χ3n) is 1.37. The summed E-state index contributed by atoms with van der Waals surface area (Å²) in [5.74, 6) is 0. The standard InChI is InChI=1S/C7H8Br2N2/c1-4-2-6(8)11-5(3-10)7(4)9/h2H,3,10H2,1H3. The number of aryl methyl sites for hydroxylation is 1. The van der Waals surface area contributed by atoms with Crippen LogP contribution in [0.2, 0.25) is 0 Å². The molecule has 2 N–H and O–H groups in total. The topological polar surface area (TPSA) is 38.9 Å². The second-order valence-corrected chi connectivity index (χ2v) is 3.83. The highest BCUT2D eigenvalue weighted by Gasteiger charge is 2.03. The van der Waals surface area contributed by atoms with Crippen molar-refractivity contribution in [2.45, 2.75) is 13.5 Å². The van der Waals surface area contributed by atoms with Crippen LogP contribution in [0.5, 0.6) is 0 Å². The number of rotatable bonds is 1. The predicted octanol–water partition coefficient (Wildman–Crippen LogP) is 2.37. The molecule has 4 heteroatoms. The van der Waals surface area contributed by atoms with Crippen LogP contribution in [0, 0.1) is 6.92 Å². The van der Waals surface area contributed by atoms with Crippen molar-refractivity contribution in [1.29, 1.82) is 0 Å². The van der Waals surface area contributed by atoms with Gasteiger partial charge in [0.25, 0.3) is 0 Å². The van der Waals surface area contributed by atoms with Crippen LogP contribution in [0.25, 0.3) is 0 Å². The Labute approximate surface area is 82.5 Å². The lowest BCUT2D eigenvalue weighted by Crippen LogP contribution is -2.02. The molecule has 0 amide bonds. The van der Waals surface area contributed by atoms with E-state index in [0.717, 1.165) is 20.3 Å². The maximum atomic E-state index is 5.48. The first-order valence-electron chi connectivity index (χ1n) is 3.16. The lowest BCUT2D eigenvalue weighted by atomic mass is 10.2. The Kier molecular flexibility index (Phi) is 3.04. The molecule has 1 aromatic heterocycles. The molecular weight excluding hydrogens is 272 g/mol. The van der Waals surface area contributed by atoms with Crippen molar-refractivity contribution >= 4 is 31.9 Å². The number of nitrogens with zero attached hydrogens (tertiary/aromatic N) is 1. The molecule has 0 radical (unpaired) electrons. The van der Waals surface area contributed by atoms with Crippen LogP contribution in [-0.4, -0.2) is 4.98 Å². The Morgan fingerprint density at radius 1 is 1.55 bits per heavy atom. The highest BCUT2D eigenvalue weighted by molar-refractivity contribution is 9.11. The number of aromatic nitrogens is 1. The smallest absolute Gasteiger partial charge is 0.106 e. The van der Waals surface area contributed by atoms with Gasteiger partial charge in [0.05, 0.1) is 5.69 Å². The minimum Gasteiger partial charge on any atom is -0.325 e. The fraction of sp³-hybridized carbons (Fsp3) is 0.286. The molecule has 2 nitrogen and oxygen atoms in total. The summed E-state index contributed by atoms with van der Waals surface area (Å²) in [5.41, 5.74) is 7.51. The van der Waals surface area contributed by atoms with Gasteiger partial charge in [0, 0.05) is 11.0 Å². The first kappa shape index (κ1) is 9.16. The number of hydrogen-bond acceptors (Lipinski definition) is 2. The summed E-state index contributed by atoms with van der Waals surface area (Å²) in [6.45, 7) is 2.47. The summed E-state index contributed by atoms with van der Waals surface area (Å²) in [5, 5.41) is 0. The highest BCUT2D eigenvalue weighted by Crippen LogP contribution is 2.22. The van der Waals surface area contributed by atoms with Gasteiger partial charge in [0.2, 0.25) is 0 Å². The van der Waals surface area contributed by atoms with E-state index in [2.05, 4.69) is 36.8 Å². The fourth-order valence-electron chi connectivity index (χ4n) is 0.815. The molecule has 0 unspecified atom stereocenters. The second-order valence-electron chi connectivity index (χ2n) is 2.23. The number of nitrogens with two attached hydrogens (primary N) is 1. The summed E-state index contributed by atoms with van der Waals surface area (Å²) in [4.78, 5) is 4.20. The van der Waals surface area contributed by atoms with E-state index >= 15 is 0 Å². The van der Waals surface area contributed by atoms with Crippen LogP contribution in [0.3, 0.4) is 0 Å². The molecule has 0 aromatic carbocycles. The molecule has 0 aliphatic heterocycles. The number of pyridine rings is 1. The zero-order valence-electron chi connectivity index (χ0n) is 6.06. The lowest BCUT2D eigenvalue weighted by Gasteiger charge is -2.03. The Morgan fingerprint density at radius 3 is 2.73 bits per heavy atom. The summed E-state index contributed by atoms with van der Waals surface area (Å²) in [6, 6.07) is 1.95. The maximum Gasteiger partial charge on any atom is 0.106 e. The van der Waals surface area contributed by atoms with E-state index in [4.69, 9.17) is 5.73 Å². The third kappa shape index (κ3) is 2.01. The SMILES string of the molecule is Cc1cc(Br)nc(CN)c1Br. The van der Waals surface area contributed by atoms with E-state index in [0.29, 0.717) is 6.54 Å². The van der Waals surface area contributed by atoms with E-state index in [1.54, 1.807) is 0 Å². The molecule has 11 heavy (non-hydrogen) atoms. The third-order valence-corrected chi connectivity index (χ3v) is 2.86. The van der Waals surface area contributed by atoms with E-state index in [1.807, 2.05) is 13.0 Å². The van der Waals surface area contributed by atoms with Crippen LogP contribution >= 0.6 is 31.9 Å². The first-order valence-corrected chi connectivity index (χ1v) is 4.75. The normalized spacial score (nSPS) is 10.2. The molecule has 0 saturated carbocycles. The van der Waals surface area contributed by atoms with E-state index in [-0.39, 0.29) is 0 Å². The van der Waals surface area contributed by atoms with Gasteiger partial charge in [-0.3, -0.25) is 0 Å². The molecule has 0 bridgehead atoms. The largest absolute Gasteiger partial charge is 0.325 e. The molecule has 0 aliphatic rings. The monoisotopic (exact) mass is 278 g/mol. The summed E-state index contributed by atoms with van der Waals surface area (Å²) < 4.78 is 1.84. The van der Waals surface area contributed by atoms with Gasteiger partial charge in [-0.25, -0.2) is 4.98 Å². The summed E-state index contributed by atoms with van der Waals surface area (Å²) in [6.07, 6.45) is 0. The maximum absolute atomic E-state index is 5.48. The fourth-order valence-corrected chi connectivity index (χ4v) is 1.74. The average molecular weight is 280 g/mol. The van der Waals surface area contributed by atoms with Gasteiger partial charge in [-0.15, -0.1) is 0 Å². The minimum absolute atomic E-state index is 0.459. The molecule has 0 spiro atoms. The van der Waals surface area contributed by atoms with Gasteiger partial charge in [0.15, 0.2) is 0 Å². The minimum atomic E-state index is 0.459. The molecule has 0 aliphatic carbocycles. The number of hydrogen-bond donors (Lipinski definition) is 1. The van der Waals surface area contributed by atoms with Crippen molar-refractivity contribution in [2.75, 3.05) is 0 Å². The molecule has 0 fully saturated rings. The van der Waals surface area contributed by atoms with E-state index in [1.165, 1.54) is 0 Å². The van der Waals surface area contributed by atoms with Gasteiger partial charge < -0.3 is 5.73 Å². The molecule has 1 heterocycles. The predicted molar refractivity (Wildman–Crippen MR) is 52.3 cm³/mol. The van der Waals surface area contributed by atoms with E-state index < -0.39 is 0 Å². The van der Waals surface area contributed by atoms with Gasteiger partial charge in [-0.1, -0.05) is 0 Å². The van der Waals surface area contributed by atoms with Crippen LogP contribution in [0.4, 0.5) is 0 Å². The molecule has 1 rings (SSSR count). The molecular formula is C7H8Br2N2. The highest BCUT2D eigenvalue weighted by atomic mass is 79.9. The van der Waals surface area contributed by atoms with Gasteiger partial charge in [-0.05, 0) is 50.4 Å². The zero-order chi connectivity index (χ0) is 8.43. The van der Waals surface area contributed by atoms with Crippen molar-refractivity contribution < 1.29 is 0 Å². The van der Waals surface area contributed by atoms with Crippen molar-refractivity contribution in [3.05, 3.63) is 26.4 Å². The first-order chi connectivity index (χ1) is 5.15. The van der Waals surface area contributed by atoms with Gasteiger partial charge >= 0.3 is 0 Å². The molecule has 0 atom stereocenters. The Balaban J connectivity index is 3.24. The Bertz CT molecular complexity index is 273. The van der Waals surface area contributed by atoms with Crippen LogP contribution < -0.4 is 5.73 Å². The second kappa shape index (κ2) is 3.65. The van der Waals surface area contributed by atoms with Gasteiger partial charge in [0.1, 0.15) is 4.60 Å². The van der Waals surface area contributed by atoms with Crippen molar-refractivity contribution in [3.63, 3.8) is 0 Å². The molecule has 0 saturated heterocycles.